The average Bonchev–Trinajstić information content (AvgIpc) is 3.04. The van der Waals surface area contributed by atoms with Gasteiger partial charge in [0.25, 0.3) is 0 Å². The number of aromatic nitrogens is 2. The fourth-order valence-electron chi connectivity index (χ4n) is 9.37. The first-order valence-electron chi connectivity index (χ1n) is 13.0. The van der Waals surface area contributed by atoms with E-state index >= 15 is 0 Å². The van der Waals surface area contributed by atoms with Gasteiger partial charge in [-0.05, 0) is 123 Å². The lowest BCUT2D eigenvalue weighted by molar-refractivity contribution is -0.0807. The van der Waals surface area contributed by atoms with Gasteiger partial charge >= 0.3 is 0 Å². The Hall–Kier alpha value is -0.920. The summed E-state index contributed by atoms with van der Waals surface area (Å²) < 4.78 is 0. The molecule has 0 radical (unpaired) electrons. The molecule has 5 rings (SSSR count). The zero-order valence-electron chi connectivity index (χ0n) is 20.2. The highest BCUT2D eigenvalue weighted by molar-refractivity contribution is 5.09. The predicted octanol–water partition coefficient (Wildman–Crippen LogP) is 7.26. The van der Waals surface area contributed by atoms with Crippen molar-refractivity contribution < 1.29 is 0 Å². The minimum Gasteiger partial charge on any atom is -0.261 e. The molecular formula is C28H44N2. The largest absolute Gasteiger partial charge is 0.261 e. The molecule has 2 heteroatoms. The Kier molecular flexibility index (Phi) is 5.30. The van der Waals surface area contributed by atoms with E-state index in [1.807, 2.05) is 12.4 Å². The Bertz CT molecular complexity index is 770. The summed E-state index contributed by atoms with van der Waals surface area (Å²) in [6.07, 6.45) is 18.5. The number of hydrogen-bond acceptors (Lipinski definition) is 2. The van der Waals surface area contributed by atoms with Crippen LogP contribution in [0.1, 0.15) is 96.9 Å². The van der Waals surface area contributed by atoms with Crippen LogP contribution < -0.4 is 0 Å². The summed E-state index contributed by atoms with van der Waals surface area (Å²) in [5.74, 6) is 6.75. The molecule has 166 valence electrons. The van der Waals surface area contributed by atoms with Gasteiger partial charge in [0.2, 0.25) is 0 Å². The van der Waals surface area contributed by atoms with E-state index in [9.17, 15) is 0 Å². The number of hydrogen-bond donors (Lipinski definition) is 0. The number of nitrogens with zero attached hydrogens (tertiary/aromatic N) is 2. The fourth-order valence-corrected chi connectivity index (χ4v) is 9.37. The van der Waals surface area contributed by atoms with Crippen molar-refractivity contribution >= 4 is 0 Å². The highest BCUT2D eigenvalue weighted by Crippen LogP contribution is 2.66. The molecule has 0 N–H and O–H groups in total. The molecule has 0 aromatic carbocycles. The standard InChI is InChI=1S/C28H44N2/c1-18(14-21-17-29-16-19(2)30-21)25-8-9-26-24-7-6-20-15-27(3,4)12-10-22(20)23(24)11-13-28(25,26)5/h16-18,20,22-26H,6-15H2,1-5H3/t18?,20?,22-,23+,24+,25+,26-,28+/m0/s1. The molecule has 4 aliphatic rings. The van der Waals surface area contributed by atoms with E-state index in [-0.39, 0.29) is 0 Å². The van der Waals surface area contributed by atoms with Gasteiger partial charge in [-0.1, -0.05) is 27.7 Å². The van der Waals surface area contributed by atoms with Crippen LogP contribution in [0.5, 0.6) is 0 Å². The van der Waals surface area contributed by atoms with Gasteiger partial charge in [-0.3, -0.25) is 9.97 Å². The summed E-state index contributed by atoms with van der Waals surface area (Å²) in [7, 11) is 0. The first kappa shape index (κ1) is 21.0. The van der Waals surface area contributed by atoms with Gasteiger partial charge < -0.3 is 0 Å². The Labute approximate surface area is 185 Å². The Morgan fingerprint density at radius 2 is 1.73 bits per heavy atom. The van der Waals surface area contributed by atoms with Gasteiger partial charge in [-0.25, -0.2) is 0 Å². The van der Waals surface area contributed by atoms with Gasteiger partial charge in [-0.15, -0.1) is 0 Å². The Balaban J connectivity index is 1.30. The molecule has 0 amide bonds. The third kappa shape index (κ3) is 3.55. The van der Waals surface area contributed by atoms with Crippen LogP contribution in [0.15, 0.2) is 12.4 Å². The molecule has 0 saturated heterocycles. The minimum absolute atomic E-state index is 0.568. The summed E-state index contributed by atoms with van der Waals surface area (Å²) in [6, 6.07) is 0. The van der Waals surface area contributed by atoms with Crippen LogP contribution in [0.3, 0.4) is 0 Å². The van der Waals surface area contributed by atoms with Crippen molar-refractivity contribution in [1.29, 1.82) is 0 Å². The average molecular weight is 409 g/mol. The maximum Gasteiger partial charge on any atom is 0.0592 e. The number of aryl methyl sites for hydroxylation is 1. The maximum atomic E-state index is 4.77. The third-order valence-electron chi connectivity index (χ3n) is 10.6. The summed E-state index contributed by atoms with van der Waals surface area (Å²) in [4.78, 5) is 9.17. The van der Waals surface area contributed by atoms with E-state index < -0.39 is 0 Å². The lowest BCUT2D eigenvalue weighted by Crippen LogP contribution is -2.49. The Morgan fingerprint density at radius 3 is 2.53 bits per heavy atom. The molecule has 2 nitrogen and oxygen atoms in total. The molecule has 4 aliphatic carbocycles. The van der Waals surface area contributed by atoms with Crippen LogP contribution in [0, 0.1) is 59.2 Å². The van der Waals surface area contributed by atoms with Crippen LogP contribution in [-0.2, 0) is 6.42 Å². The summed E-state index contributed by atoms with van der Waals surface area (Å²) >= 11 is 0. The summed E-state index contributed by atoms with van der Waals surface area (Å²) in [5.41, 5.74) is 3.43. The molecule has 0 bridgehead atoms. The van der Waals surface area contributed by atoms with Gasteiger partial charge in [0.05, 0.1) is 11.4 Å². The summed E-state index contributed by atoms with van der Waals surface area (Å²) in [6.45, 7) is 12.3. The second kappa shape index (κ2) is 7.59. The van der Waals surface area contributed by atoms with Crippen LogP contribution >= 0.6 is 0 Å². The van der Waals surface area contributed by atoms with E-state index in [0.29, 0.717) is 10.8 Å². The first-order valence-corrected chi connectivity index (χ1v) is 13.0. The van der Waals surface area contributed by atoms with Gasteiger partial charge in [0.1, 0.15) is 0 Å². The maximum absolute atomic E-state index is 4.77. The smallest absolute Gasteiger partial charge is 0.0592 e. The van der Waals surface area contributed by atoms with Crippen molar-refractivity contribution in [2.24, 2.45) is 52.3 Å². The second-order valence-electron chi connectivity index (χ2n) is 12.9. The minimum atomic E-state index is 0.568. The SMILES string of the molecule is Cc1cncc(CC(C)[C@H]2CC[C@H]3[C@@H]4CCC5CC(C)(C)CC[C@@H]5[C@H]4CC[C@]23C)n1. The van der Waals surface area contributed by atoms with Crippen molar-refractivity contribution in [2.45, 2.75) is 98.8 Å². The zero-order valence-corrected chi connectivity index (χ0v) is 20.2. The fraction of sp³-hybridized carbons (Fsp3) is 0.857. The van der Waals surface area contributed by atoms with Crippen molar-refractivity contribution in [2.75, 3.05) is 0 Å². The van der Waals surface area contributed by atoms with Gasteiger partial charge in [-0.2, -0.15) is 0 Å². The Morgan fingerprint density at radius 1 is 0.933 bits per heavy atom. The highest BCUT2D eigenvalue weighted by Gasteiger charge is 2.57. The summed E-state index contributed by atoms with van der Waals surface area (Å²) in [5, 5.41) is 0. The van der Waals surface area contributed by atoms with Crippen LogP contribution in [0.25, 0.3) is 0 Å². The zero-order chi connectivity index (χ0) is 21.1. The highest BCUT2D eigenvalue weighted by atomic mass is 14.8. The van der Waals surface area contributed by atoms with E-state index in [1.165, 1.54) is 63.5 Å². The van der Waals surface area contributed by atoms with Crippen LogP contribution in [0.4, 0.5) is 0 Å². The van der Waals surface area contributed by atoms with Crippen LogP contribution in [0.2, 0.25) is 0 Å². The molecule has 4 fully saturated rings. The molecule has 8 atom stereocenters. The van der Waals surface area contributed by atoms with Crippen LogP contribution in [-0.4, -0.2) is 9.97 Å². The predicted molar refractivity (Wildman–Crippen MR) is 124 cm³/mol. The monoisotopic (exact) mass is 408 g/mol. The molecule has 1 aromatic rings. The van der Waals surface area contributed by atoms with E-state index in [1.54, 1.807) is 0 Å². The normalized spacial score (nSPS) is 43.4. The molecule has 2 unspecified atom stereocenters. The first-order chi connectivity index (χ1) is 14.3. The van der Waals surface area contributed by atoms with Crippen molar-refractivity contribution in [1.82, 2.24) is 9.97 Å². The lowest BCUT2D eigenvalue weighted by atomic mass is 9.48. The topological polar surface area (TPSA) is 25.8 Å². The quantitative estimate of drug-likeness (QED) is 0.526. The molecule has 1 aromatic heterocycles. The molecule has 4 saturated carbocycles. The lowest BCUT2D eigenvalue weighted by Gasteiger charge is -2.57. The van der Waals surface area contributed by atoms with Gasteiger partial charge in [0, 0.05) is 12.4 Å². The third-order valence-corrected chi connectivity index (χ3v) is 10.6. The van der Waals surface area contributed by atoms with E-state index in [2.05, 4.69) is 39.6 Å². The number of rotatable bonds is 3. The van der Waals surface area contributed by atoms with Crippen molar-refractivity contribution in [3.63, 3.8) is 0 Å². The number of fused-ring (bicyclic) bond motifs is 5. The van der Waals surface area contributed by atoms with Crippen molar-refractivity contribution in [3.05, 3.63) is 23.8 Å². The van der Waals surface area contributed by atoms with E-state index in [4.69, 9.17) is 4.98 Å². The molecule has 0 spiro atoms. The second-order valence-corrected chi connectivity index (χ2v) is 12.9. The molecular weight excluding hydrogens is 364 g/mol. The van der Waals surface area contributed by atoms with E-state index in [0.717, 1.165) is 53.5 Å². The molecule has 1 heterocycles. The molecule has 30 heavy (non-hydrogen) atoms. The molecule has 0 aliphatic heterocycles. The van der Waals surface area contributed by atoms with Gasteiger partial charge in [0.15, 0.2) is 0 Å². The van der Waals surface area contributed by atoms with Crippen molar-refractivity contribution in [3.8, 4) is 0 Å².